The van der Waals surface area contributed by atoms with E-state index in [1.54, 1.807) is 6.92 Å². The summed E-state index contributed by atoms with van der Waals surface area (Å²) in [6.45, 7) is 3.66. The molecule has 0 aliphatic carbocycles. The van der Waals surface area contributed by atoms with Gasteiger partial charge in [0.05, 0.1) is 12.2 Å². The second kappa shape index (κ2) is 5.42. The van der Waals surface area contributed by atoms with Gasteiger partial charge in [-0.05, 0) is 18.9 Å². The van der Waals surface area contributed by atoms with Gasteiger partial charge < -0.3 is 10.2 Å². The zero-order valence-electron chi connectivity index (χ0n) is 11.4. The monoisotopic (exact) mass is 275 g/mol. The fraction of sp³-hybridized carbons (Fsp3) is 0.357. The van der Waals surface area contributed by atoms with Crippen molar-refractivity contribution < 1.29 is 15.0 Å². The third-order valence-electron chi connectivity index (χ3n) is 3.23. The Morgan fingerprint density at radius 3 is 2.55 bits per heavy atom. The molecule has 1 aromatic heterocycles. The predicted molar refractivity (Wildman–Crippen MR) is 72.4 cm³/mol. The van der Waals surface area contributed by atoms with E-state index in [1.165, 1.54) is 4.68 Å². The van der Waals surface area contributed by atoms with Crippen molar-refractivity contribution in [3.63, 3.8) is 0 Å². The van der Waals surface area contributed by atoms with Gasteiger partial charge in [0.15, 0.2) is 5.69 Å². The molecule has 0 saturated carbocycles. The third kappa shape index (κ3) is 2.70. The van der Waals surface area contributed by atoms with Gasteiger partial charge in [0.1, 0.15) is 5.60 Å². The van der Waals surface area contributed by atoms with E-state index in [0.717, 1.165) is 5.56 Å². The zero-order valence-corrected chi connectivity index (χ0v) is 11.4. The van der Waals surface area contributed by atoms with E-state index >= 15 is 0 Å². The number of carboxylic acid groups (broad SMARTS) is 1. The fourth-order valence-electron chi connectivity index (χ4n) is 2.16. The summed E-state index contributed by atoms with van der Waals surface area (Å²) in [6.07, 6.45) is 0.486. The maximum atomic E-state index is 11.1. The molecule has 1 unspecified atom stereocenters. The summed E-state index contributed by atoms with van der Waals surface area (Å²) >= 11 is 0. The van der Waals surface area contributed by atoms with Crippen LogP contribution >= 0.6 is 0 Å². The normalized spacial score (nSPS) is 13.9. The van der Waals surface area contributed by atoms with Gasteiger partial charge in [-0.2, -0.15) is 0 Å². The Hall–Kier alpha value is -2.21. The average molecular weight is 275 g/mol. The van der Waals surface area contributed by atoms with Crippen LogP contribution in [-0.4, -0.2) is 31.2 Å². The molecule has 20 heavy (non-hydrogen) atoms. The predicted octanol–water partition coefficient (Wildman–Crippen LogP) is 1.45. The van der Waals surface area contributed by atoms with Crippen LogP contribution in [-0.2, 0) is 18.6 Å². The standard InChI is InChI=1S/C14H17N3O3/c1-3-11-12(13(18)19)15-16-17(11)9-14(2,20)10-7-5-4-6-8-10/h4-8,20H,3,9H2,1-2H3,(H,18,19). The van der Waals surface area contributed by atoms with Crippen LogP contribution in [0.15, 0.2) is 30.3 Å². The molecule has 0 bridgehead atoms. The maximum Gasteiger partial charge on any atom is 0.358 e. The van der Waals surface area contributed by atoms with Crippen LogP contribution in [0.4, 0.5) is 0 Å². The van der Waals surface area contributed by atoms with Crippen molar-refractivity contribution in [2.24, 2.45) is 0 Å². The molecule has 2 rings (SSSR count). The van der Waals surface area contributed by atoms with Crippen molar-refractivity contribution in [2.75, 3.05) is 0 Å². The van der Waals surface area contributed by atoms with Gasteiger partial charge >= 0.3 is 5.97 Å². The molecule has 0 aliphatic heterocycles. The molecule has 0 aliphatic rings. The number of carbonyl (C=O) groups is 1. The minimum Gasteiger partial charge on any atom is -0.476 e. The molecule has 6 heteroatoms. The van der Waals surface area contributed by atoms with E-state index in [2.05, 4.69) is 10.3 Å². The molecular formula is C14H17N3O3. The summed E-state index contributed by atoms with van der Waals surface area (Å²) in [5.74, 6) is -1.10. The Balaban J connectivity index is 2.32. The van der Waals surface area contributed by atoms with E-state index in [-0.39, 0.29) is 12.2 Å². The number of aliphatic hydroxyl groups is 1. The van der Waals surface area contributed by atoms with Gasteiger partial charge in [-0.3, -0.25) is 0 Å². The second-order valence-corrected chi connectivity index (χ2v) is 4.84. The van der Waals surface area contributed by atoms with E-state index in [4.69, 9.17) is 5.11 Å². The van der Waals surface area contributed by atoms with Gasteiger partial charge in [0, 0.05) is 0 Å². The lowest BCUT2D eigenvalue weighted by atomic mass is 9.96. The number of nitrogens with zero attached hydrogens (tertiary/aromatic N) is 3. The molecule has 0 fully saturated rings. The molecule has 1 atom stereocenters. The van der Waals surface area contributed by atoms with Crippen LogP contribution in [0.25, 0.3) is 0 Å². The van der Waals surface area contributed by atoms with Crippen LogP contribution < -0.4 is 0 Å². The number of hydrogen-bond acceptors (Lipinski definition) is 4. The number of carboxylic acids is 1. The van der Waals surface area contributed by atoms with Gasteiger partial charge in [-0.15, -0.1) is 5.10 Å². The van der Waals surface area contributed by atoms with Gasteiger partial charge in [-0.25, -0.2) is 9.48 Å². The molecule has 0 saturated heterocycles. The van der Waals surface area contributed by atoms with Gasteiger partial charge in [0.25, 0.3) is 0 Å². The molecule has 106 valence electrons. The van der Waals surface area contributed by atoms with E-state index in [1.807, 2.05) is 37.3 Å². The zero-order chi connectivity index (χ0) is 14.8. The molecule has 0 amide bonds. The Morgan fingerprint density at radius 1 is 1.35 bits per heavy atom. The first kappa shape index (κ1) is 14.2. The summed E-state index contributed by atoms with van der Waals surface area (Å²) in [7, 11) is 0. The van der Waals surface area contributed by atoms with Gasteiger partial charge in [-0.1, -0.05) is 42.5 Å². The van der Waals surface area contributed by atoms with Crippen LogP contribution in [0.5, 0.6) is 0 Å². The lowest BCUT2D eigenvalue weighted by molar-refractivity contribution is 0.0331. The number of benzene rings is 1. The summed E-state index contributed by atoms with van der Waals surface area (Å²) < 4.78 is 1.45. The topological polar surface area (TPSA) is 88.2 Å². The van der Waals surface area contributed by atoms with Crippen molar-refractivity contribution in [1.29, 1.82) is 0 Å². The van der Waals surface area contributed by atoms with Crippen LogP contribution in [0.2, 0.25) is 0 Å². The molecular weight excluding hydrogens is 258 g/mol. The molecule has 2 aromatic rings. The molecule has 0 spiro atoms. The highest BCUT2D eigenvalue weighted by Gasteiger charge is 2.27. The quantitative estimate of drug-likeness (QED) is 0.862. The summed E-state index contributed by atoms with van der Waals surface area (Å²) in [5.41, 5.74) is 0.0498. The van der Waals surface area contributed by atoms with Crippen LogP contribution in [0, 0.1) is 0 Å². The van der Waals surface area contributed by atoms with Crippen molar-refractivity contribution in [3.05, 3.63) is 47.3 Å². The number of rotatable bonds is 5. The highest BCUT2D eigenvalue weighted by atomic mass is 16.4. The minimum absolute atomic E-state index is 0.0589. The van der Waals surface area contributed by atoms with Crippen LogP contribution in [0.3, 0.4) is 0 Å². The second-order valence-electron chi connectivity index (χ2n) is 4.84. The Bertz CT molecular complexity index is 605. The highest BCUT2D eigenvalue weighted by Crippen LogP contribution is 2.23. The van der Waals surface area contributed by atoms with Crippen molar-refractivity contribution in [2.45, 2.75) is 32.4 Å². The Morgan fingerprint density at radius 2 is 2.00 bits per heavy atom. The lowest BCUT2D eigenvalue weighted by Gasteiger charge is -2.24. The number of aromatic carboxylic acids is 1. The summed E-state index contributed by atoms with van der Waals surface area (Å²) in [5, 5.41) is 27.1. The van der Waals surface area contributed by atoms with Crippen LogP contribution in [0.1, 0.15) is 35.6 Å². The van der Waals surface area contributed by atoms with E-state index in [0.29, 0.717) is 12.1 Å². The molecule has 2 N–H and O–H groups in total. The molecule has 1 heterocycles. The van der Waals surface area contributed by atoms with Crippen molar-refractivity contribution >= 4 is 5.97 Å². The first-order valence-electron chi connectivity index (χ1n) is 6.39. The van der Waals surface area contributed by atoms with E-state index < -0.39 is 11.6 Å². The number of aromatic nitrogens is 3. The third-order valence-corrected chi connectivity index (χ3v) is 3.23. The molecule has 6 nitrogen and oxygen atoms in total. The average Bonchev–Trinajstić information content (AvgIpc) is 2.82. The highest BCUT2D eigenvalue weighted by molar-refractivity contribution is 5.86. The van der Waals surface area contributed by atoms with E-state index in [9.17, 15) is 9.90 Å². The SMILES string of the molecule is CCc1c(C(=O)O)nnn1CC(C)(O)c1ccccc1. The first-order chi connectivity index (χ1) is 9.45. The Kier molecular flexibility index (Phi) is 3.85. The maximum absolute atomic E-state index is 11.1. The largest absolute Gasteiger partial charge is 0.476 e. The first-order valence-corrected chi connectivity index (χ1v) is 6.39. The summed E-state index contributed by atoms with van der Waals surface area (Å²) in [4.78, 5) is 11.1. The lowest BCUT2D eigenvalue weighted by Crippen LogP contribution is -2.29. The Labute approximate surface area is 116 Å². The molecule has 1 aromatic carbocycles. The fourth-order valence-corrected chi connectivity index (χ4v) is 2.16. The molecule has 0 radical (unpaired) electrons. The van der Waals surface area contributed by atoms with Gasteiger partial charge in [0.2, 0.25) is 0 Å². The van der Waals surface area contributed by atoms with Crippen molar-refractivity contribution in [1.82, 2.24) is 15.0 Å². The minimum atomic E-state index is -1.14. The number of hydrogen-bond donors (Lipinski definition) is 2. The smallest absolute Gasteiger partial charge is 0.358 e. The summed E-state index contributed by atoms with van der Waals surface area (Å²) in [6, 6.07) is 9.19. The van der Waals surface area contributed by atoms with Crippen molar-refractivity contribution in [3.8, 4) is 0 Å².